The van der Waals surface area contributed by atoms with Gasteiger partial charge in [0, 0.05) is 19.3 Å². The third-order valence-corrected chi connectivity index (χ3v) is 6.56. The average Bonchev–Trinajstić information content (AvgIpc) is 2.87. The van der Waals surface area contributed by atoms with E-state index in [0.29, 0.717) is 24.0 Å². The summed E-state index contributed by atoms with van der Waals surface area (Å²) < 4.78 is 12.3. The number of thioether (sulfide) groups is 1. The summed E-state index contributed by atoms with van der Waals surface area (Å²) in [5.74, 6) is 3.94. The lowest BCUT2D eigenvalue weighted by Gasteiger charge is -2.46. The van der Waals surface area contributed by atoms with Gasteiger partial charge in [0.15, 0.2) is 0 Å². The van der Waals surface area contributed by atoms with Gasteiger partial charge in [-0.1, -0.05) is 6.92 Å². The highest BCUT2D eigenvalue weighted by Gasteiger charge is 2.44. The standard InChI is InChI=1S/C16H29NO2S/c1-12-3-7-18-15(12)14(17-2)13-4-8-19-16(11-13)5-9-20-10-6-16/h12-15,17H,3-11H2,1-2H3. The minimum absolute atomic E-state index is 0.186. The zero-order chi connectivity index (χ0) is 14.0. The zero-order valence-electron chi connectivity index (χ0n) is 12.9. The second-order valence-electron chi connectivity index (χ2n) is 6.81. The Bertz CT molecular complexity index is 314. The molecule has 0 aromatic heterocycles. The summed E-state index contributed by atoms with van der Waals surface area (Å²) in [7, 11) is 2.11. The van der Waals surface area contributed by atoms with Crippen molar-refractivity contribution in [2.24, 2.45) is 11.8 Å². The summed E-state index contributed by atoms with van der Waals surface area (Å²) in [5, 5.41) is 3.58. The van der Waals surface area contributed by atoms with E-state index >= 15 is 0 Å². The Morgan fingerprint density at radius 3 is 2.65 bits per heavy atom. The fraction of sp³-hybridized carbons (Fsp3) is 1.00. The van der Waals surface area contributed by atoms with Crippen molar-refractivity contribution < 1.29 is 9.47 Å². The molecule has 1 spiro atoms. The van der Waals surface area contributed by atoms with E-state index in [4.69, 9.17) is 9.47 Å². The molecule has 3 nitrogen and oxygen atoms in total. The van der Waals surface area contributed by atoms with E-state index in [9.17, 15) is 0 Å². The van der Waals surface area contributed by atoms with Gasteiger partial charge in [-0.3, -0.25) is 0 Å². The first-order chi connectivity index (χ1) is 9.74. The third-order valence-electron chi connectivity index (χ3n) is 5.57. The normalized spacial score (nSPS) is 39.0. The van der Waals surface area contributed by atoms with Crippen LogP contribution in [0.2, 0.25) is 0 Å². The largest absolute Gasteiger partial charge is 0.376 e. The van der Waals surface area contributed by atoms with Crippen molar-refractivity contribution in [2.75, 3.05) is 31.8 Å². The SMILES string of the molecule is CNC(C1CCOC2(CCSCC2)C1)C1OCCC1C. The van der Waals surface area contributed by atoms with Crippen molar-refractivity contribution in [1.82, 2.24) is 5.32 Å². The van der Waals surface area contributed by atoms with Gasteiger partial charge >= 0.3 is 0 Å². The quantitative estimate of drug-likeness (QED) is 0.868. The summed E-state index contributed by atoms with van der Waals surface area (Å²) in [4.78, 5) is 0. The minimum Gasteiger partial charge on any atom is -0.376 e. The molecule has 4 unspecified atom stereocenters. The molecule has 3 aliphatic heterocycles. The fourth-order valence-electron chi connectivity index (χ4n) is 4.31. The number of hydrogen-bond donors (Lipinski definition) is 1. The van der Waals surface area contributed by atoms with Crippen LogP contribution >= 0.6 is 11.8 Å². The van der Waals surface area contributed by atoms with Gasteiger partial charge in [-0.15, -0.1) is 0 Å². The van der Waals surface area contributed by atoms with E-state index in [1.807, 2.05) is 0 Å². The maximum absolute atomic E-state index is 6.24. The molecule has 3 heterocycles. The number of rotatable bonds is 3. The van der Waals surface area contributed by atoms with Crippen molar-refractivity contribution in [3.63, 3.8) is 0 Å². The van der Waals surface area contributed by atoms with Crippen molar-refractivity contribution in [3.8, 4) is 0 Å². The molecule has 4 heteroatoms. The van der Waals surface area contributed by atoms with Gasteiger partial charge in [0.05, 0.1) is 11.7 Å². The Hall–Kier alpha value is 0.230. The van der Waals surface area contributed by atoms with Crippen molar-refractivity contribution in [3.05, 3.63) is 0 Å². The highest BCUT2D eigenvalue weighted by molar-refractivity contribution is 7.99. The van der Waals surface area contributed by atoms with Crippen LogP contribution in [0.15, 0.2) is 0 Å². The molecule has 1 N–H and O–H groups in total. The molecule has 4 atom stereocenters. The molecule has 0 aliphatic carbocycles. The Morgan fingerprint density at radius 2 is 2.00 bits per heavy atom. The highest BCUT2D eigenvalue weighted by Crippen LogP contribution is 2.42. The van der Waals surface area contributed by atoms with Gasteiger partial charge < -0.3 is 14.8 Å². The molecule has 3 rings (SSSR count). The van der Waals surface area contributed by atoms with E-state index in [1.165, 1.54) is 43.6 Å². The summed E-state index contributed by atoms with van der Waals surface area (Å²) in [6.07, 6.45) is 6.52. The molecule has 116 valence electrons. The first kappa shape index (κ1) is 15.1. The number of likely N-dealkylation sites (N-methyl/N-ethyl adjacent to an activating group) is 1. The molecule has 0 amide bonds. The molecule has 3 saturated heterocycles. The third kappa shape index (κ3) is 3.03. The second kappa shape index (κ2) is 6.55. The molecular weight excluding hydrogens is 270 g/mol. The molecule has 0 saturated carbocycles. The Kier molecular flexibility index (Phi) is 4.96. The highest BCUT2D eigenvalue weighted by atomic mass is 32.2. The van der Waals surface area contributed by atoms with Crippen molar-refractivity contribution in [1.29, 1.82) is 0 Å². The topological polar surface area (TPSA) is 30.5 Å². The van der Waals surface area contributed by atoms with Crippen LogP contribution in [0.4, 0.5) is 0 Å². The van der Waals surface area contributed by atoms with Crippen LogP contribution in [0.3, 0.4) is 0 Å². The van der Waals surface area contributed by atoms with Gasteiger partial charge in [-0.2, -0.15) is 11.8 Å². The second-order valence-corrected chi connectivity index (χ2v) is 8.04. The molecule has 0 radical (unpaired) electrons. The fourth-order valence-corrected chi connectivity index (χ4v) is 5.55. The van der Waals surface area contributed by atoms with E-state index in [1.54, 1.807) is 0 Å². The molecule has 3 fully saturated rings. The van der Waals surface area contributed by atoms with Crippen molar-refractivity contribution in [2.45, 2.75) is 56.8 Å². The Balaban J connectivity index is 1.68. The maximum atomic E-state index is 6.24. The van der Waals surface area contributed by atoms with Crippen LogP contribution in [-0.4, -0.2) is 49.5 Å². The van der Waals surface area contributed by atoms with Crippen LogP contribution in [0, 0.1) is 11.8 Å². The average molecular weight is 299 g/mol. The van der Waals surface area contributed by atoms with Gasteiger partial charge in [0.1, 0.15) is 0 Å². The molecule has 0 aromatic rings. The number of hydrogen-bond acceptors (Lipinski definition) is 4. The zero-order valence-corrected chi connectivity index (χ0v) is 13.7. The maximum Gasteiger partial charge on any atom is 0.0756 e. The molecule has 3 aliphatic rings. The van der Waals surface area contributed by atoms with Gasteiger partial charge in [-0.05, 0) is 62.5 Å². The van der Waals surface area contributed by atoms with Crippen LogP contribution in [0.1, 0.15) is 39.0 Å². The number of nitrogens with one attached hydrogen (secondary N) is 1. The lowest BCUT2D eigenvalue weighted by molar-refractivity contribution is -0.115. The van der Waals surface area contributed by atoms with Crippen LogP contribution in [-0.2, 0) is 9.47 Å². The van der Waals surface area contributed by atoms with Gasteiger partial charge in [0.25, 0.3) is 0 Å². The lowest BCUT2D eigenvalue weighted by atomic mass is 9.76. The monoisotopic (exact) mass is 299 g/mol. The lowest BCUT2D eigenvalue weighted by Crippen LogP contribution is -2.52. The van der Waals surface area contributed by atoms with E-state index in [2.05, 4.69) is 31.1 Å². The van der Waals surface area contributed by atoms with E-state index in [0.717, 1.165) is 13.2 Å². The summed E-state index contributed by atoms with van der Waals surface area (Å²) in [5.41, 5.74) is 0.186. The van der Waals surface area contributed by atoms with Crippen LogP contribution < -0.4 is 5.32 Å². The summed E-state index contributed by atoms with van der Waals surface area (Å²) in [6.45, 7) is 4.22. The van der Waals surface area contributed by atoms with Crippen LogP contribution in [0.5, 0.6) is 0 Å². The Morgan fingerprint density at radius 1 is 1.20 bits per heavy atom. The summed E-state index contributed by atoms with van der Waals surface area (Å²) >= 11 is 2.08. The van der Waals surface area contributed by atoms with Gasteiger partial charge in [0.2, 0.25) is 0 Å². The van der Waals surface area contributed by atoms with Crippen LogP contribution in [0.25, 0.3) is 0 Å². The number of ether oxygens (including phenoxy) is 2. The Labute approximate surface area is 127 Å². The predicted molar refractivity (Wildman–Crippen MR) is 84.3 cm³/mol. The van der Waals surface area contributed by atoms with Crippen molar-refractivity contribution >= 4 is 11.8 Å². The minimum atomic E-state index is 0.186. The molecular formula is C16H29NO2S. The van der Waals surface area contributed by atoms with Gasteiger partial charge in [-0.25, -0.2) is 0 Å². The molecule has 20 heavy (non-hydrogen) atoms. The molecule has 0 bridgehead atoms. The van der Waals surface area contributed by atoms with E-state index < -0.39 is 0 Å². The smallest absolute Gasteiger partial charge is 0.0756 e. The predicted octanol–water partition coefficient (Wildman–Crippen LogP) is 2.69. The first-order valence-electron chi connectivity index (χ1n) is 8.25. The van der Waals surface area contributed by atoms with E-state index in [-0.39, 0.29) is 5.60 Å². The first-order valence-corrected chi connectivity index (χ1v) is 9.40. The summed E-state index contributed by atoms with van der Waals surface area (Å²) in [6, 6.07) is 0.503. The molecule has 0 aromatic carbocycles.